The zero-order valence-electron chi connectivity index (χ0n) is 10.6. The van der Waals surface area contributed by atoms with Gasteiger partial charge in [-0.15, -0.1) is 0 Å². The second kappa shape index (κ2) is 4.61. The first kappa shape index (κ1) is 13.1. The Hall–Kier alpha value is -1.85. The molecule has 1 aromatic carbocycles. The molecule has 0 atom stereocenters. The molecule has 20 heavy (non-hydrogen) atoms. The predicted octanol–water partition coefficient (Wildman–Crippen LogP) is 3.29. The maximum atomic E-state index is 11.4. The summed E-state index contributed by atoms with van der Waals surface area (Å²) in [4.78, 5) is 7.70. The van der Waals surface area contributed by atoms with Crippen molar-refractivity contribution >= 4 is 32.5 Å². The van der Waals surface area contributed by atoms with Crippen molar-refractivity contribution in [3.63, 3.8) is 0 Å². The fourth-order valence-electron chi connectivity index (χ4n) is 2.06. The Balaban J connectivity index is 2.14. The number of pyridine rings is 1. The monoisotopic (exact) mass is 306 g/mol. The summed E-state index contributed by atoms with van der Waals surface area (Å²) < 4.78 is 22.9. The fourth-order valence-corrected chi connectivity index (χ4v) is 2.99. The molecular weight excluding hydrogens is 296 g/mol. The molecule has 0 amide bonds. The van der Waals surface area contributed by atoms with Gasteiger partial charge >= 0.3 is 0 Å². The van der Waals surface area contributed by atoms with E-state index in [4.69, 9.17) is 11.6 Å². The normalized spacial score (nSPS) is 11.9. The number of aromatic amines is 1. The van der Waals surface area contributed by atoms with Crippen LogP contribution in [0.2, 0.25) is 5.02 Å². The molecule has 1 N–H and O–H groups in total. The molecule has 2 heterocycles. The highest BCUT2D eigenvalue weighted by Crippen LogP contribution is 2.33. The second-order valence-electron chi connectivity index (χ2n) is 4.51. The highest BCUT2D eigenvalue weighted by Gasteiger charge is 2.13. The van der Waals surface area contributed by atoms with Crippen LogP contribution in [0.5, 0.6) is 0 Å². The second-order valence-corrected chi connectivity index (χ2v) is 6.90. The van der Waals surface area contributed by atoms with E-state index in [2.05, 4.69) is 9.97 Å². The predicted molar refractivity (Wildman–Crippen MR) is 79.6 cm³/mol. The smallest absolute Gasteiger partial charge is 0.175 e. The molecule has 0 unspecified atom stereocenters. The van der Waals surface area contributed by atoms with Crippen LogP contribution >= 0.6 is 11.6 Å². The Morgan fingerprint density at radius 1 is 1.15 bits per heavy atom. The third kappa shape index (κ3) is 2.19. The van der Waals surface area contributed by atoms with Gasteiger partial charge in [-0.1, -0.05) is 23.7 Å². The van der Waals surface area contributed by atoms with Gasteiger partial charge < -0.3 is 4.98 Å². The molecular formula is C14H11ClN2O2S. The minimum atomic E-state index is -3.19. The van der Waals surface area contributed by atoms with Crippen molar-refractivity contribution < 1.29 is 8.42 Å². The minimum absolute atomic E-state index is 0.284. The number of nitrogens with one attached hydrogen (secondary N) is 1. The van der Waals surface area contributed by atoms with Crippen LogP contribution < -0.4 is 0 Å². The van der Waals surface area contributed by atoms with Crippen molar-refractivity contribution in [2.24, 2.45) is 0 Å². The summed E-state index contributed by atoms with van der Waals surface area (Å²) in [6.45, 7) is 0. The summed E-state index contributed by atoms with van der Waals surface area (Å²) in [5, 5.41) is 0.535. The van der Waals surface area contributed by atoms with Gasteiger partial charge in [0.2, 0.25) is 0 Å². The molecule has 0 saturated heterocycles. The molecule has 6 heteroatoms. The standard InChI is InChI=1S/C14H11ClN2O2S/c1-20(18,19)10-6-4-9(5-7-10)13-12(15)14-11(17-13)3-2-8-16-14/h2-8,17H,1H3. The van der Waals surface area contributed by atoms with Crippen molar-refractivity contribution in [2.75, 3.05) is 6.26 Å². The van der Waals surface area contributed by atoms with Gasteiger partial charge in [-0.25, -0.2) is 8.42 Å². The van der Waals surface area contributed by atoms with Gasteiger partial charge in [-0.2, -0.15) is 0 Å². The van der Waals surface area contributed by atoms with Crippen molar-refractivity contribution in [2.45, 2.75) is 4.90 Å². The summed E-state index contributed by atoms with van der Waals surface area (Å²) in [7, 11) is -3.19. The first-order valence-electron chi connectivity index (χ1n) is 5.89. The average Bonchev–Trinajstić information content (AvgIpc) is 2.76. The molecule has 2 aromatic heterocycles. The number of sulfone groups is 1. The number of H-pyrrole nitrogens is 1. The Kier molecular flexibility index (Phi) is 3.03. The number of aromatic nitrogens is 2. The molecule has 0 aliphatic heterocycles. The summed E-state index contributed by atoms with van der Waals surface area (Å²) in [6, 6.07) is 10.3. The highest BCUT2D eigenvalue weighted by atomic mass is 35.5. The van der Waals surface area contributed by atoms with Crippen LogP contribution in [0, 0.1) is 0 Å². The van der Waals surface area contributed by atoms with E-state index < -0.39 is 9.84 Å². The van der Waals surface area contributed by atoms with Crippen LogP contribution in [0.4, 0.5) is 0 Å². The number of fused-ring (bicyclic) bond motifs is 1. The molecule has 3 rings (SSSR count). The number of nitrogens with zero attached hydrogens (tertiary/aromatic N) is 1. The van der Waals surface area contributed by atoms with Crippen LogP contribution in [0.15, 0.2) is 47.5 Å². The molecule has 0 aliphatic carbocycles. The van der Waals surface area contributed by atoms with E-state index in [1.54, 1.807) is 30.5 Å². The average molecular weight is 307 g/mol. The third-order valence-corrected chi connectivity index (χ3v) is 4.56. The lowest BCUT2D eigenvalue weighted by molar-refractivity contribution is 0.602. The molecule has 0 spiro atoms. The lowest BCUT2D eigenvalue weighted by Crippen LogP contribution is -1.96. The van der Waals surface area contributed by atoms with E-state index >= 15 is 0 Å². The van der Waals surface area contributed by atoms with Gasteiger partial charge in [0.25, 0.3) is 0 Å². The molecule has 0 saturated carbocycles. The number of halogens is 1. The van der Waals surface area contributed by atoms with E-state index in [9.17, 15) is 8.42 Å². The first-order chi connectivity index (χ1) is 9.47. The molecule has 3 aromatic rings. The zero-order valence-corrected chi connectivity index (χ0v) is 12.2. The van der Waals surface area contributed by atoms with E-state index in [0.29, 0.717) is 10.5 Å². The summed E-state index contributed by atoms with van der Waals surface area (Å²) in [5.41, 5.74) is 3.11. The van der Waals surface area contributed by atoms with E-state index in [1.165, 1.54) is 6.26 Å². The Morgan fingerprint density at radius 2 is 1.85 bits per heavy atom. The van der Waals surface area contributed by atoms with Gasteiger partial charge in [0.15, 0.2) is 9.84 Å². The van der Waals surface area contributed by atoms with Crippen LogP contribution in [0.1, 0.15) is 0 Å². The molecule has 4 nitrogen and oxygen atoms in total. The number of rotatable bonds is 2. The number of hydrogen-bond donors (Lipinski definition) is 1. The first-order valence-corrected chi connectivity index (χ1v) is 8.16. The lowest BCUT2D eigenvalue weighted by Gasteiger charge is -2.01. The summed E-state index contributed by atoms with van der Waals surface area (Å²) in [6.07, 6.45) is 2.86. The molecule has 0 radical (unpaired) electrons. The molecule has 0 fully saturated rings. The van der Waals surface area contributed by atoms with Crippen molar-refractivity contribution in [1.82, 2.24) is 9.97 Å². The Labute approximate surface area is 121 Å². The van der Waals surface area contributed by atoms with Gasteiger partial charge in [0.05, 0.1) is 21.1 Å². The molecule has 0 aliphatic rings. The van der Waals surface area contributed by atoms with Gasteiger partial charge in [0.1, 0.15) is 5.52 Å². The lowest BCUT2D eigenvalue weighted by atomic mass is 10.1. The van der Waals surface area contributed by atoms with Crippen molar-refractivity contribution in [1.29, 1.82) is 0 Å². The van der Waals surface area contributed by atoms with Crippen LogP contribution in [-0.4, -0.2) is 24.6 Å². The minimum Gasteiger partial charge on any atom is -0.352 e. The molecule has 0 bridgehead atoms. The summed E-state index contributed by atoms with van der Waals surface area (Å²) >= 11 is 6.31. The zero-order chi connectivity index (χ0) is 14.3. The van der Waals surface area contributed by atoms with E-state index in [1.807, 2.05) is 12.1 Å². The van der Waals surface area contributed by atoms with E-state index in [0.717, 1.165) is 16.8 Å². The topological polar surface area (TPSA) is 62.8 Å². The quantitative estimate of drug-likeness (QED) is 0.790. The van der Waals surface area contributed by atoms with Crippen molar-refractivity contribution in [3.8, 4) is 11.3 Å². The maximum absolute atomic E-state index is 11.4. The van der Waals surface area contributed by atoms with E-state index in [-0.39, 0.29) is 4.90 Å². The van der Waals surface area contributed by atoms with Crippen molar-refractivity contribution in [3.05, 3.63) is 47.6 Å². The largest absolute Gasteiger partial charge is 0.352 e. The number of hydrogen-bond acceptors (Lipinski definition) is 3. The van der Waals surface area contributed by atoms with Gasteiger partial charge in [-0.3, -0.25) is 4.98 Å². The fraction of sp³-hybridized carbons (Fsp3) is 0.0714. The highest BCUT2D eigenvalue weighted by molar-refractivity contribution is 7.90. The number of benzene rings is 1. The third-order valence-electron chi connectivity index (χ3n) is 3.07. The van der Waals surface area contributed by atoms with Crippen LogP contribution in [-0.2, 0) is 9.84 Å². The Bertz CT molecular complexity index is 883. The van der Waals surface area contributed by atoms with Gasteiger partial charge in [-0.05, 0) is 29.8 Å². The summed E-state index contributed by atoms with van der Waals surface area (Å²) in [5.74, 6) is 0. The van der Waals surface area contributed by atoms with Gasteiger partial charge in [0, 0.05) is 12.5 Å². The van der Waals surface area contributed by atoms with Crippen LogP contribution in [0.3, 0.4) is 0 Å². The molecule has 102 valence electrons. The maximum Gasteiger partial charge on any atom is 0.175 e. The SMILES string of the molecule is CS(=O)(=O)c1ccc(-c2[nH]c3cccnc3c2Cl)cc1. The van der Waals surface area contributed by atoms with Crippen LogP contribution in [0.25, 0.3) is 22.3 Å². The Morgan fingerprint density at radius 3 is 2.45 bits per heavy atom.